The summed E-state index contributed by atoms with van der Waals surface area (Å²) in [5.74, 6) is 1.05. The van der Waals surface area contributed by atoms with Gasteiger partial charge in [0.25, 0.3) is 0 Å². The van der Waals surface area contributed by atoms with Crippen LogP contribution in [-0.4, -0.2) is 27.4 Å². The molecule has 132 valence electrons. The molecule has 0 fully saturated rings. The first-order valence-corrected chi connectivity index (χ1v) is 9.64. The van der Waals surface area contributed by atoms with Crippen molar-refractivity contribution >= 4 is 38.5 Å². The minimum Gasteiger partial charge on any atom is -0.356 e. The van der Waals surface area contributed by atoms with Crippen molar-refractivity contribution in [1.82, 2.24) is 20.3 Å². The molecular weight excluding hydrogens is 344 g/mol. The molecule has 0 radical (unpaired) electrons. The van der Waals surface area contributed by atoms with E-state index < -0.39 is 0 Å². The lowest BCUT2D eigenvalue weighted by Gasteiger charge is -2.03. The maximum absolute atomic E-state index is 12.0. The number of carbonyl (C=O) groups is 1. The van der Waals surface area contributed by atoms with Crippen LogP contribution in [0.5, 0.6) is 0 Å². The molecule has 0 aliphatic heterocycles. The molecule has 4 aromatic rings. The molecule has 0 bridgehead atoms. The Morgan fingerprint density at radius 1 is 1.00 bits per heavy atom. The molecule has 0 saturated carbocycles. The highest BCUT2D eigenvalue weighted by atomic mass is 32.1. The number of aryl methyl sites for hydroxylation is 2. The third kappa shape index (κ3) is 3.91. The Labute approximate surface area is 155 Å². The summed E-state index contributed by atoms with van der Waals surface area (Å²) in [6, 6.07) is 16.1. The highest BCUT2D eigenvalue weighted by Gasteiger charge is 2.07. The monoisotopic (exact) mass is 364 g/mol. The summed E-state index contributed by atoms with van der Waals surface area (Å²) < 4.78 is 1.17. The zero-order chi connectivity index (χ0) is 17.8. The van der Waals surface area contributed by atoms with Gasteiger partial charge in [-0.25, -0.2) is 9.97 Å². The van der Waals surface area contributed by atoms with Gasteiger partial charge in [-0.2, -0.15) is 0 Å². The van der Waals surface area contributed by atoms with E-state index in [9.17, 15) is 4.79 Å². The number of para-hydroxylation sites is 3. The number of fused-ring (bicyclic) bond motifs is 2. The van der Waals surface area contributed by atoms with Gasteiger partial charge in [0.05, 0.1) is 26.3 Å². The number of nitrogens with one attached hydrogen (secondary N) is 2. The lowest BCUT2D eigenvalue weighted by Crippen LogP contribution is -2.25. The minimum absolute atomic E-state index is 0.0777. The molecule has 0 atom stereocenters. The first kappa shape index (κ1) is 16.7. The second-order valence-corrected chi connectivity index (χ2v) is 7.34. The number of aromatic nitrogens is 3. The maximum Gasteiger partial charge on any atom is 0.220 e. The molecule has 0 unspecified atom stereocenters. The number of nitrogens with zero attached hydrogens (tertiary/aromatic N) is 2. The van der Waals surface area contributed by atoms with Crippen molar-refractivity contribution < 1.29 is 4.79 Å². The number of thiazole rings is 1. The van der Waals surface area contributed by atoms with Crippen molar-refractivity contribution in [1.29, 1.82) is 0 Å². The Morgan fingerprint density at radius 3 is 2.65 bits per heavy atom. The highest BCUT2D eigenvalue weighted by molar-refractivity contribution is 7.18. The molecule has 26 heavy (non-hydrogen) atoms. The Balaban J connectivity index is 1.20. The van der Waals surface area contributed by atoms with Crippen LogP contribution in [-0.2, 0) is 17.6 Å². The number of hydrogen-bond acceptors (Lipinski definition) is 4. The summed E-state index contributed by atoms with van der Waals surface area (Å²) in [6.07, 6.45) is 2.86. The fourth-order valence-electron chi connectivity index (χ4n) is 2.94. The predicted molar refractivity (Wildman–Crippen MR) is 105 cm³/mol. The van der Waals surface area contributed by atoms with E-state index in [1.165, 1.54) is 4.70 Å². The molecule has 0 spiro atoms. The average molecular weight is 364 g/mol. The van der Waals surface area contributed by atoms with Crippen LogP contribution in [0.1, 0.15) is 23.7 Å². The van der Waals surface area contributed by atoms with Crippen LogP contribution in [0, 0.1) is 0 Å². The lowest BCUT2D eigenvalue weighted by molar-refractivity contribution is -0.121. The predicted octanol–water partition coefficient (Wildman–Crippen LogP) is 3.85. The third-order valence-electron chi connectivity index (χ3n) is 4.26. The van der Waals surface area contributed by atoms with E-state index in [1.807, 2.05) is 42.5 Å². The first-order valence-electron chi connectivity index (χ1n) is 8.83. The van der Waals surface area contributed by atoms with Gasteiger partial charge in [0.15, 0.2) is 0 Å². The second-order valence-electron chi connectivity index (χ2n) is 6.23. The lowest BCUT2D eigenvalue weighted by atomic mass is 10.2. The standard InChI is InChI=1S/C20H20N4OS/c25-19(11-12-20-24-16-8-3-4-9-17(16)26-20)21-13-5-10-18-22-14-6-1-2-7-15(14)23-18/h1-4,6-9H,5,10-13H2,(H,21,25)(H,22,23). The van der Waals surface area contributed by atoms with Crippen molar-refractivity contribution in [2.75, 3.05) is 6.54 Å². The van der Waals surface area contributed by atoms with Gasteiger partial charge in [-0.3, -0.25) is 4.79 Å². The Kier molecular flexibility index (Phi) is 4.93. The molecule has 4 rings (SSSR count). The molecule has 2 aromatic carbocycles. The Bertz CT molecular complexity index is 970. The number of imidazole rings is 1. The molecular formula is C20H20N4OS. The summed E-state index contributed by atoms with van der Waals surface area (Å²) >= 11 is 1.66. The average Bonchev–Trinajstić information content (AvgIpc) is 3.26. The molecule has 0 saturated heterocycles. The van der Waals surface area contributed by atoms with Gasteiger partial charge in [-0.1, -0.05) is 24.3 Å². The quantitative estimate of drug-likeness (QED) is 0.489. The van der Waals surface area contributed by atoms with Crippen molar-refractivity contribution in [2.24, 2.45) is 0 Å². The summed E-state index contributed by atoms with van der Waals surface area (Å²) in [4.78, 5) is 24.5. The summed E-state index contributed by atoms with van der Waals surface area (Å²) in [7, 11) is 0. The molecule has 5 nitrogen and oxygen atoms in total. The molecule has 0 aliphatic rings. The van der Waals surface area contributed by atoms with Crippen LogP contribution < -0.4 is 5.32 Å². The zero-order valence-electron chi connectivity index (χ0n) is 14.4. The third-order valence-corrected chi connectivity index (χ3v) is 5.35. The van der Waals surface area contributed by atoms with Crippen LogP contribution in [0.3, 0.4) is 0 Å². The number of carbonyl (C=O) groups excluding carboxylic acids is 1. The molecule has 2 N–H and O–H groups in total. The van der Waals surface area contributed by atoms with Gasteiger partial charge in [0.2, 0.25) is 5.91 Å². The fourth-order valence-corrected chi connectivity index (χ4v) is 3.91. The van der Waals surface area contributed by atoms with Crippen molar-refractivity contribution in [3.63, 3.8) is 0 Å². The number of aromatic amines is 1. The molecule has 1 amide bonds. The number of amides is 1. The van der Waals surface area contributed by atoms with Gasteiger partial charge in [0, 0.05) is 25.8 Å². The normalized spacial score (nSPS) is 11.2. The number of benzene rings is 2. The summed E-state index contributed by atoms with van der Waals surface area (Å²) in [5.41, 5.74) is 3.06. The van der Waals surface area contributed by atoms with Crippen LogP contribution in [0.15, 0.2) is 48.5 Å². The second kappa shape index (κ2) is 7.66. The molecule has 2 aromatic heterocycles. The van der Waals surface area contributed by atoms with E-state index >= 15 is 0 Å². The molecule has 0 aliphatic carbocycles. The zero-order valence-corrected chi connectivity index (χ0v) is 15.2. The highest BCUT2D eigenvalue weighted by Crippen LogP contribution is 2.22. The van der Waals surface area contributed by atoms with Crippen molar-refractivity contribution in [3.05, 3.63) is 59.4 Å². The maximum atomic E-state index is 12.0. The van der Waals surface area contributed by atoms with E-state index in [0.29, 0.717) is 19.4 Å². The molecule has 6 heteroatoms. The number of H-pyrrole nitrogens is 1. The largest absolute Gasteiger partial charge is 0.356 e. The van der Waals surface area contributed by atoms with E-state index in [2.05, 4.69) is 26.3 Å². The van der Waals surface area contributed by atoms with Crippen molar-refractivity contribution in [2.45, 2.75) is 25.7 Å². The first-order chi connectivity index (χ1) is 12.8. The summed E-state index contributed by atoms with van der Waals surface area (Å²) in [6.45, 7) is 0.662. The van der Waals surface area contributed by atoms with Crippen LogP contribution in [0.2, 0.25) is 0 Å². The number of hydrogen-bond donors (Lipinski definition) is 2. The topological polar surface area (TPSA) is 70.7 Å². The van der Waals surface area contributed by atoms with E-state index in [-0.39, 0.29) is 5.91 Å². The molecule has 2 heterocycles. The van der Waals surface area contributed by atoms with Gasteiger partial charge >= 0.3 is 0 Å². The minimum atomic E-state index is 0.0777. The van der Waals surface area contributed by atoms with E-state index in [1.54, 1.807) is 11.3 Å². The van der Waals surface area contributed by atoms with E-state index in [0.717, 1.165) is 40.2 Å². The Hall–Kier alpha value is -2.73. The van der Waals surface area contributed by atoms with Gasteiger partial charge in [0.1, 0.15) is 5.82 Å². The van der Waals surface area contributed by atoms with Crippen LogP contribution in [0.25, 0.3) is 21.3 Å². The number of rotatable bonds is 7. The Morgan fingerprint density at radius 2 is 1.81 bits per heavy atom. The smallest absolute Gasteiger partial charge is 0.220 e. The van der Waals surface area contributed by atoms with Crippen molar-refractivity contribution in [3.8, 4) is 0 Å². The fraction of sp³-hybridized carbons (Fsp3) is 0.250. The van der Waals surface area contributed by atoms with E-state index in [4.69, 9.17) is 0 Å². The SMILES string of the molecule is O=C(CCc1nc2ccccc2s1)NCCCc1nc2ccccc2[nH]1. The van der Waals surface area contributed by atoms with Gasteiger partial charge in [-0.05, 0) is 30.7 Å². The van der Waals surface area contributed by atoms with Gasteiger partial charge < -0.3 is 10.3 Å². The van der Waals surface area contributed by atoms with Crippen LogP contribution >= 0.6 is 11.3 Å². The summed E-state index contributed by atoms with van der Waals surface area (Å²) in [5, 5.41) is 4.00. The van der Waals surface area contributed by atoms with Gasteiger partial charge in [-0.15, -0.1) is 11.3 Å². The van der Waals surface area contributed by atoms with Crippen LogP contribution in [0.4, 0.5) is 0 Å².